The van der Waals surface area contributed by atoms with Crippen molar-refractivity contribution in [2.24, 2.45) is 10.1 Å². The van der Waals surface area contributed by atoms with Gasteiger partial charge in [0.05, 0.1) is 14.6 Å². The van der Waals surface area contributed by atoms with E-state index in [0.29, 0.717) is 0 Å². The fourth-order valence-corrected chi connectivity index (χ4v) is 1.71. The Morgan fingerprint density at radius 1 is 1.67 bits per heavy atom. The molecule has 0 aliphatic rings. The molecule has 0 aliphatic carbocycles. The van der Waals surface area contributed by atoms with Crippen LogP contribution in [0, 0.1) is 11.5 Å². The third kappa shape index (κ3) is 2.51. The van der Waals surface area contributed by atoms with Crippen molar-refractivity contribution in [3.8, 4) is 6.19 Å². The first-order valence-electron chi connectivity index (χ1n) is 3.83. The number of carbonyl (C=O) groups excluding carboxylic acids is 1. The number of aromatic nitrogens is 1. The Kier molecular flexibility index (Phi) is 3.01. The number of nitriles is 1. The largest absolute Gasteiger partial charge is 0.364 e. The minimum atomic E-state index is -2.75. The van der Waals surface area contributed by atoms with Gasteiger partial charge in [-0.15, -0.1) is 4.36 Å². The van der Waals surface area contributed by atoms with Gasteiger partial charge in [0.1, 0.15) is 5.69 Å². The van der Waals surface area contributed by atoms with Crippen LogP contribution in [0.5, 0.6) is 0 Å². The first-order chi connectivity index (χ1) is 6.97. The summed E-state index contributed by atoms with van der Waals surface area (Å²) >= 11 is 0. The summed E-state index contributed by atoms with van der Waals surface area (Å²) in [7, 11) is -2.75. The highest BCUT2D eigenvalue weighted by atomic mass is 32.2. The van der Waals surface area contributed by atoms with E-state index in [-0.39, 0.29) is 10.6 Å². The Hall–Kier alpha value is -1.94. The molecule has 1 aromatic heterocycles. The molecule has 1 heterocycles. The van der Waals surface area contributed by atoms with E-state index in [2.05, 4.69) is 9.35 Å². The molecule has 0 fully saturated rings. The summed E-state index contributed by atoms with van der Waals surface area (Å²) in [6, 6.07) is 2.75. The molecule has 0 saturated carbocycles. The van der Waals surface area contributed by atoms with Gasteiger partial charge in [-0.25, -0.2) is 9.19 Å². The van der Waals surface area contributed by atoms with Crippen LogP contribution in [-0.2, 0) is 9.73 Å². The van der Waals surface area contributed by atoms with Crippen molar-refractivity contribution in [3.63, 3.8) is 0 Å². The number of nitrogens with two attached hydrogens (primary N) is 1. The molecular formula is C8H8N4O2S. The van der Waals surface area contributed by atoms with Crippen molar-refractivity contribution >= 4 is 15.6 Å². The van der Waals surface area contributed by atoms with E-state index >= 15 is 0 Å². The zero-order valence-corrected chi connectivity index (χ0v) is 8.69. The minimum Gasteiger partial charge on any atom is -0.364 e. The number of amides is 1. The van der Waals surface area contributed by atoms with Crippen molar-refractivity contribution in [2.75, 3.05) is 6.26 Å². The lowest BCUT2D eigenvalue weighted by Gasteiger charge is -2.01. The molecule has 0 aromatic carbocycles. The summed E-state index contributed by atoms with van der Waals surface area (Å²) in [5.74, 6) is -0.665. The lowest BCUT2D eigenvalue weighted by molar-refractivity contribution is 0.0995. The number of nitrogens with zero attached hydrogens (tertiary/aromatic N) is 3. The van der Waals surface area contributed by atoms with Gasteiger partial charge in [0.25, 0.3) is 5.91 Å². The fourth-order valence-electron chi connectivity index (χ4n) is 0.881. The molecule has 15 heavy (non-hydrogen) atoms. The molecule has 1 aromatic rings. The SMILES string of the molecule is CS(=O)(=NC#N)c1ccc(C(N)=O)nc1. The molecule has 0 radical (unpaired) electrons. The van der Waals surface area contributed by atoms with Crippen LogP contribution in [0.25, 0.3) is 0 Å². The topological polar surface area (TPSA) is 109 Å². The Morgan fingerprint density at radius 3 is 2.73 bits per heavy atom. The van der Waals surface area contributed by atoms with Gasteiger partial charge in [-0.05, 0) is 12.1 Å². The third-order valence-corrected chi connectivity index (χ3v) is 3.19. The lowest BCUT2D eigenvalue weighted by Crippen LogP contribution is -2.13. The van der Waals surface area contributed by atoms with E-state index in [1.165, 1.54) is 30.8 Å². The second-order valence-corrected chi connectivity index (χ2v) is 5.00. The van der Waals surface area contributed by atoms with Crippen LogP contribution < -0.4 is 5.73 Å². The Bertz CT molecular complexity index is 535. The molecule has 0 aliphatic heterocycles. The summed E-state index contributed by atoms with van der Waals surface area (Å²) in [5.41, 5.74) is 5.06. The highest BCUT2D eigenvalue weighted by Gasteiger charge is 2.08. The average molecular weight is 224 g/mol. The summed E-state index contributed by atoms with van der Waals surface area (Å²) in [5, 5.41) is 8.32. The van der Waals surface area contributed by atoms with Crippen LogP contribution >= 0.6 is 0 Å². The van der Waals surface area contributed by atoms with Gasteiger partial charge < -0.3 is 5.73 Å². The van der Waals surface area contributed by atoms with Crippen LogP contribution in [0.4, 0.5) is 0 Å². The molecule has 2 N–H and O–H groups in total. The number of carbonyl (C=O) groups is 1. The zero-order valence-electron chi connectivity index (χ0n) is 7.88. The number of pyridine rings is 1. The van der Waals surface area contributed by atoms with Crippen LogP contribution in [0.3, 0.4) is 0 Å². The Labute approximate surface area is 86.9 Å². The van der Waals surface area contributed by atoms with Crippen molar-refractivity contribution in [1.82, 2.24) is 4.98 Å². The molecular weight excluding hydrogens is 216 g/mol. The summed E-state index contributed by atoms with van der Waals surface area (Å²) in [6.45, 7) is 0. The summed E-state index contributed by atoms with van der Waals surface area (Å²) in [4.78, 5) is 14.7. The maximum atomic E-state index is 11.7. The molecule has 7 heteroatoms. The minimum absolute atomic E-state index is 0.0749. The quantitative estimate of drug-likeness (QED) is 0.719. The highest BCUT2D eigenvalue weighted by Crippen LogP contribution is 2.09. The smallest absolute Gasteiger partial charge is 0.267 e. The van der Waals surface area contributed by atoms with Crippen molar-refractivity contribution in [2.45, 2.75) is 4.90 Å². The third-order valence-electron chi connectivity index (χ3n) is 1.64. The molecule has 78 valence electrons. The molecule has 0 bridgehead atoms. The molecule has 6 nitrogen and oxygen atoms in total. The number of hydrogen-bond donors (Lipinski definition) is 1. The molecule has 1 rings (SSSR count). The maximum absolute atomic E-state index is 11.7. The van der Waals surface area contributed by atoms with Gasteiger partial charge in [0.2, 0.25) is 6.19 Å². The number of rotatable bonds is 2. The average Bonchev–Trinajstić information content (AvgIpc) is 2.18. The molecule has 0 saturated heterocycles. The second kappa shape index (κ2) is 4.06. The van der Waals surface area contributed by atoms with Gasteiger partial charge in [0.15, 0.2) is 0 Å². The van der Waals surface area contributed by atoms with Gasteiger partial charge in [0, 0.05) is 12.5 Å². The fraction of sp³-hybridized carbons (Fsp3) is 0.125. The van der Waals surface area contributed by atoms with Crippen molar-refractivity contribution < 1.29 is 9.00 Å². The van der Waals surface area contributed by atoms with Crippen molar-refractivity contribution in [1.29, 1.82) is 5.26 Å². The first kappa shape index (κ1) is 11.1. The maximum Gasteiger partial charge on any atom is 0.267 e. The van der Waals surface area contributed by atoms with E-state index in [1.807, 2.05) is 0 Å². The number of primary amides is 1. The van der Waals surface area contributed by atoms with Crippen LogP contribution in [0.1, 0.15) is 10.5 Å². The second-order valence-electron chi connectivity index (χ2n) is 2.74. The lowest BCUT2D eigenvalue weighted by atomic mass is 10.3. The molecule has 1 atom stereocenters. The molecule has 0 spiro atoms. The van der Waals surface area contributed by atoms with Crippen LogP contribution in [-0.4, -0.2) is 21.4 Å². The van der Waals surface area contributed by atoms with Gasteiger partial charge in [-0.1, -0.05) is 0 Å². The normalized spacial score (nSPS) is 13.6. The van der Waals surface area contributed by atoms with E-state index in [1.54, 1.807) is 0 Å². The Balaban J connectivity index is 3.23. The molecule has 1 amide bonds. The highest BCUT2D eigenvalue weighted by molar-refractivity contribution is 7.93. The van der Waals surface area contributed by atoms with Crippen LogP contribution in [0.2, 0.25) is 0 Å². The van der Waals surface area contributed by atoms with E-state index < -0.39 is 15.6 Å². The predicted molar refractivity (Wildman–Crippen MR) is 53.1 cm³/mol. The van der Waals surface area contributed by atoms with Gasteiger partial charge >= 0.3 is 0 Å². The van der Waals surface area contributed by atoms with E-state index in [0.717, 1.165) is 0 Å². The standard InChI is InChI=1S/C8H8N4O2S/c1-15(14,12-5-9)6-2-3-7(8(10)13)11-4-6/h2-4H,1H3,(H2,10,13). The van der Waals surface area contributed by atoms with Gasteiger partial charge in [-0.2, -0.15) is 5.26 Å². The first-order valence-corrected chi connectivity index (χ1v) is 5.76. The monoisotopic (exact) mass is 224 g/mol. The summed E-state index contributed by atoms with van der Waals surface area (Å²) in [6.07, 6.45) is 4.02. The predicted octanol–water partition coefficient (Wildman–Crippen LogP) is 0.118. The van der Waals surface area contributed by atoms with Gasteiger partial charge in [-0.3, -0.25) is 4.79 Å². The van der Waals surface area contributed by atoms with E-state index in [4.69, 9.17) is 11.0 Å². The van der Waals surface area contributed by atoms with Crippen molar-refractivity contribution in [3.05, 3.63) is 24.0 Å². The zero-order chi connectivity index (χ0) is 11.5. The number of hydrogen-bond acceptors (Lipinski definition) is 5. The van der Waals surface area contributed by atoms with E-state index in [9.17, 15) is 9.00 Å². The Morgan fingerprint density at radius 2 is 2.33 bits per heavy atom. The van der Waals surface area contributed by atoms with Crippen LogP contribution in [0.15, 0.2) is 27.6 Å². The molecule has 1 unspecified atom stereocenters. The summed E-state index contributed by atoms with van der Waals surface area (Å²) < 4.78 is 15.0.